The van der Waals surface area contributed by atoms with Crippen molar-refractivity contribution in [3.63, 3.8) is 0 Å². The van der Waals surface area contributed by atoms with Gasteiger partial charge in [0.2, 0.25) is 0 Å². The van der Waals surface area contributed by atoms with E-state index in [1.54, 1.807) is 12.1 Å². The van der Waals surface area contributed by atoms with Crippen LogP contribution in [0.2, 0.25) is 0 Å². The van der Waals surface area contributed by atoms with Crippen molar-refractivity contribution in [2.45, 2.75) is 39.5 Å². The Morgan fingerprint density at radius 2 is 1.67 bits per heavy atom. The zero-order chi connectivity index (χ0) is 11.5. The number of hydrogen-bond acceptors (Lipinski definition) is 0. The standard InChI is InChI=1S/C13H18F2/c1-10(2)4-5-11-6-8-12(9-7-11)13(3,14)15/h6-10H,4-5H2,1-3H3. The van der Waals surface area contributed by atoms with Crippen LogP contribution in [0.25, 0.3) is 0 Å². The Hall–Kier alpha value is -0.920. The molecule has 0 radical (unpaired) electrons. The number of halogens is 2. The molecule has 0 spiro atoms. The number of alkyl halides is 2. The Bertz CT molecular complexity index is 293. The average molecular weight is 212 g/mol. The lowest BCUT2D eigenvalue weighted by Crippen LogP contribution is -2.06. The minimum absolute atomic E-state index is 0.0933. The van der Waals surface area contributed by atoms with Crippen molar-refractivity contribution >= 4 is 0 Å². The molecule has 1 rings (SSSR count). The minimum atomic E-state index is -2.73. The van der Waals surface area contributed by atoms with Gasteiger partial charge in [0.1, 0.15) is 0 Å². The molecule has 0 fully saturated rings. The molecule has 0 aliphatic carbocycles. The summed E-state index contributed by atoms with van der Waals surface area (Å²) < 4.78 is 25.8. The van der Waals surface area contributed by atoms with Crippen LogP contribution in [0, 0.1) is 5.92 Å². The van der Waals surface area contributed by atoms with Gasteiger partial charge in [0, 0.05) is 12.5 Å². The van der Waals surface area contributed by atoms with Crippen molar-refractivity contribution in [2.24, 2.45) is 5.92 Å². The third kappa shape index (κ3) is 3.98. The first-order chi connectivity index (χ1) is 6.89. The maximum absolute atomic E-state index is 12.9. The lowest BCUT2D eigenvalue weighted by molar-refractivity contribution is 0.0174. The van der Waals surface area contributed by atoms with Crippen LogP contribution >= 0.6 is 0 Å². The Labute approximate surface area is 90.3 Å². The maximum Gasteiger partial charge on any atom is 0.270 e. The van der Waals surface area contributed by atoms with Crippen LogP contribution in [-0.4, -0.2) is 0 Å². The van der Waals surface area contributed by atoms with Gasteiger partial charge in [-0.3, -0.25) is 0 Å². The summed E-state index contributed by atoms with van der Waals surface area (Å²) in [6.45, 7) is 5.25. The fourth-order valence-electron chi connectivity index (χ4n) is 1.42. The number of aryl methyl sites for hydroxylation is 1. The lowest BCUT2D eigenvalue weighted by atomic mass is 10.0. The molecule has 0 saturated carbocycles. The first-order valence-corrected chi connectivity index (χ1v) is 5.37. The number of benzene rings is 1. The van der Waals surface area contributed by atoms with E-state index in [0.717, 1.165) is 25.3 Å². The Morgan fingerprint density at radius 1 is 1.13 bits per heavy atom. The minimum Gasteiger partial charge on any atom is -0.202 e. The van der Waals surface area contributed by atoms with Gasteiger partial charge in [0.15, 0.2) is 0 Å². The highest BCUT2D eigenvalue weighted by molar-refractivity contribution is 5.25. The molecular weight excluding hydrogens is 194 g/mol. The Kier molecular flexibility index (Phi) is 3.83. The molecule has 0 unspecified atom stereocenters. The lowest BCUT2D eigenvalue weighted by Gasteiger charge is -2.11. The highest BCUT2D eigenvalue weighted by Crippen LogP contribution is 2.27. The van der Waals surface area contributed by atoms with Crippen molar-refractivity contribution in [1.82, 2.24) is 0 Å². The van der Waals surface area contributed by atoms with E-state index in [-0.39, 0.29) is 5.56 Å². The molecule has 1 aromatic carbocycles. The van der Waals surface area contributed by atoms with Crippen LogP contribution in [0.5, 0.6) is 0 Å². The van der Waals surface area contributed by atoms with Gasteiger partial charge in [-0.15, -0.1) is 0 Å². The highest BCUT2D eigenvalue weighted by atomic mass is 19.3. The summed E-state index contributed by atoms with van der Waals surface area (Å²) in [5.41, 5.74) is 1.23. The molecule has 0 nitrogen and oxygen atoms in total. The monoisotopic (exact) mass is 212 g/mol. The second kappa shape index (κ2) is 4.73. The van der Waals surface area contributed by atoms with Gasteiger partial charge in [-0.1, -0.05) is 38.1 Å². The van der Waals surface area contributed by atoms with E-state index < -0.39 is 5.92 Å². The van der Waals surface area contributed by atoms with Crippen LogP contribution < -0.4 is 0 Å². The van der Waals surface area contributed by atoms with Crippen LogP contribution in [-0.2, 0) is 12.3 Å². The number of hydrogen-bond donors (Lipinski definition) is 0. The summed E-state index contributed by atoms with van der Waals surface area (Å²) in [7, 11) is 0. The van der Waals surface area contributed by atoms with Gasteiger partial charge in [0.25, 0.3) is 5.92 Å². The second-order valence-corrected chi connectivity index (χ2v) is 4.52. The highest BCUT2D eigenvalue weighted by Gasteiger charge is 2.23. The van der Waals surface area contributed by atoms with Gasteiger partial charge < -0.3 is 0 Å². The van der Waals surface area contributed by atoms with Crippen LogP contribution in [0.3, 0.4) is 0 Å². The van der Waals surface area contributed by atoms with Crippen LogP contribution in [0.15, 0.2) is 24.3 Å². The van der Waals surface area contributed by atoms with E-state index in [4.69, 9.17) is 0 Å². The fourth-order valence-corrected chi connectivity index (χ4v) is 1.42. The summed E-state index contributed by atoms with van der Waals surface area (Å²) in [6.07, 6.45) is 2.06. The van der Waals surface area contributed by atoms with Crippen molar-refractivity contribution < 1.29 is 8.78 Å². The quantitative estimate of drug-likeness (QED) is 0.694. The molecular formula is C13H18F2. The topological polar surface area (TPSA) is 0 Å². The van der Waals surface area contributed by atoms with E-state index in [0.29, 0.717) is 5.92 Å². The van der Waals surface area contributed by atoms with Crippen molar-refractivity contribution in [1.29, 1.82) is 0 Å². The SMILES string of the molecule is CC(C)CCc1ccc(C(C)(F)F)cc1. The largest absolute Gasteiger partial charge is 0.270 e. The normalized spacial score (nSPS) is 12.1. The predicted molar refractivity (Wildman–Crippen MR) is 59.2 cm³/mol. The van der Waals surface area contributed by atoms with Gasteiger partial charge in [-0.2, -0.15) is 0 Å². The van der Waals surface area contributed by atoms with E-state index in [1.165, 1.54) is 12.1 Å². The summed E-state index contributed by atoms with van der Waals surface area (Å²) in [5, 5.41) is 0. The molecule has 0 saturated heterocycles. The van der Waals surface area contributed by atoms with Crippen molar-refractivity contribution in [3.8, 4) is 0 Å². The molecule has 0 atom stereocenters. The van der Waals surface area contributed by atoms with Gasteiger partial charge >= 0.3 is 0 Å². The molecule has 15 heavy (non-hydrogen) atoms. The Morgan fingerprint density at radius 3 is 2.07 bits per heavy atom. The summed E-state index contributed by atoms with van der Waals surface area (Å²) >= 11 is 0. The van der Waals surface area contributed by atoms with Gasteiger partial charge in [-0.25, -0.2) is 8.78 Å². The molecule has 0 heterocycles. The zero-order valence-electron chi connectivity index (χ0n) is 9.56. The van der Waals surface area contributed by atoms with Gasteiger partial charge in [0.05, 0.1) is 0 Å². The molecule has 0 aliphatic rings. The second-order valence-electron chi connectivity index (χ2n) is 4.52. The summed E-state index contributed by atoms with van der Waals surface area (Å²) in [6, 6.07) is 6.65. The molecule has 0 aliphatic heterocycles. The average Bonchev–Trinajstić information content (AvgIpc) is 2.14. The molecule has 84 valence electrons. The molecule has 0 N–H and O–H groups in total. The number of rotatable bonds is 4. The fraction of sp³-hybridized carbons (Fsp3) is 0.538. The maximum atomic E-state index is 12.9. The third-order valence-corrected chi connectivity index (χ3v) is 2.47. The first kappa shape index (κ1) is 12.2. The van der Waals surface area contributed by atoms with E-state index in [9.17, 15) is 8.78 Å². The molecule has 1 aromatic rings. The zero-order valence-corrected chi connectivity index (χ0v) is 9.56. The van der Waals surface area contributed by atoms with Crippen LogP contribution in [0.1, 0.15) is 38.3 Å². The third-order valence-electron chi connectivity index (χ3n) is 2.47. The first-order valence-electron chi connectivity index (χ1n) is 5.37. The van der Waals surface area contributed by atoms with Gasteiger partial charge in [-0.05, 0) is 24.3 Å². The predicted octanol–water partition coefficient (Wildman–Crippen LogP) is 4.39. The Balaban J connectivity index is 2.65. The van der Waals surface area contributed by atoms with Crippen LogP contribution in [0.4, 0.5) is 8.78 Å². The molecule has 0 amide bonds. The van der Waals surface area contributed by atoms with E-state index >= 15 is 0 Å². The van der Waals surface area contributed by atoms with Crippen molar-refractivity contribution in [3.05, 3.63) is 35.4 Å². The summed E-state index contributed by atoms with van der Waals surface area (Å²) in [5.74, 6) is -2.08. The van der Waals surface area contributed by atoms with Crippen molar-refractivity contribution in [2.75, 3.05) is 0 Å². The smallest absolute Gasteiger partial charge is 0.202 e. The van der Waals surface area contributed by atoms with E-state index in [2.05, 4.69) is 13.8 Å². The molecule has 2 heteroatoms. The molecule has 0 aromatic heterocycles. The summed E-state index contributed by atoms with van der Waals surface area (Å²) in [4.78, 5) is 0. The molecule has 0 bridgehead atoms. The van der Waals surface area contributed by atoms with E-state index in [1.807, 2.05) is 0 Å².